The quantitative estimate of drug-likeness (QED) is 0.216. The fourth-order valence-corrected chi connectivity index (χ4v) is 7.90. The smallest absolute Gasteiger partial charge is 0.306 e. The van der Waals surface area contributed by atoms with Crippen molar-refractivity contribution in [3.63, 3.8) is 0 Å². The van der Waals surface area contributed by atoms with Crippen LogP contribution in [0.3, 0.4) is 0 Å². The number of rotatable bonds is 11. The third kappa shape index (κ3) is 8.25. The number of ether oxygens (including phenoxy) is 1. The number of fused-ring (bicyclic) bond motifs is 1. The first kappa shape index (κ1) is 33.1. The van der Waals surface area contributed by atoms with Crippen molar-refractivity contribution < 1.29 is 23.0 Å². The van der Waals surface area contributed by atoms with Crippen molar-refractivity contribution in [2.75, 3.05) is 33.8 Å². The first-order chi connectivity index (χ1) is 20.4. The minimum absolute atomic E-state index is 0.128. The number of aryl methyl sites for hydroxylation is 3. The van der Waals surface area contributed by atoms with Crippen molar-refractivity contribution in [2.24, 2.45) is 5.92 Å². The molecule has 0 saturated heterocycles. The molecule has 1 aliphatic rings. The maximum atomic E-state index is 14.0. The van der Waals surface area contributed by atoms with Gasteiger partial charge in [-0.25, -0.2) is 4.39 Å². The molecule has 3 aromatic carbocycles. The van der Waals surface area contributed by atoms with E-state index in [9.17, 15) is 18.3 Å². The number of carbonyl (C=O) groups is 1. The Morgan fingerprint density at radius 3 is 2.56 bits per heavy atom. The van der Waals surface area contributed by atoms with Gasteiger partial charge in [0.1, 0.15) is 5.82 Å². The summed E-state index contributed by atoms with van der Waals surface area (Å²) < 4.78 is 44.6. The van der Waals surface area contributed by atoms with Gasteiger partial charge in [-0.3, -0.25) is 13.9 Å². The molecule has 2 atom stereocenters. The number of hydrogen-bond donors (Lipinski definition) is 2. The van der Waals surface area contributed by atoms with Gasteiger partial charge < -0.3 is 9.64 Å². The van der Waals surface area contributed by atoms with Crippen LogP contribution in [-0.2, 0) is 28.9 Å². The van der Waals surface area contributed by atoms with Gasteiger partial charge in [-0.15, -0.1) is 10.8 Å². The molecule has 0 fully saturated rings. The monoisotopic (exact) mass is 610 g/mol. The standard InChI is InChI=1S/C35H47FN2O4S/c1-7-42-35(39)21-33(32-14-13-31(36)18-26(32)4)28-12-10-25(3)30(20-28)23-38-22-24(2)17-29-19-27(9-8-16-37(5)6)11-15-34(29)43(38,40)41/h10-15,18-20,24,33,40-41H,7-9,16-17,21-23H2,1-6H3. The molecule has 1 heterocycles. The fourth-order valence-electron chi connectivity index (χ4n) is 6.09. The summed E-state index contributed by atoms with van der Waals surface area (Å²) in [4.78, 5) is 15.5. The molecule has 3 aromatic rings. The molecule has 0 bridgehead atoms. The molecule has 2 unspecified atom stereocenters. The summed E-state index contributed by atoms with van der Waals surface area (Å²) in [6, 6.07) is 16.8. The van der Waals surface area contributed by atoms with E-state index in [1.165, 1.54) is 17.7 Å². The van der Waals surface area contributed by atoms with Gasteiger partial charge in [-0.1, -0.05) is 43.3 Å². The molecule has 0 aliphatic carbocycles. The Balaban J connectivity index is 1.66. The minimum atomic E-state index is -3.23. The van der Waals surface area contributed by atoms with Crippen LogP contribution in [0.4, 0.5) is 4.39 Å². The van der Waals surface area contributed by atoms with Crippen LogP contribution < -0.4 is 0 Å². The highest BCUT2D eigenvalue weighted by molar-refractivity contribution is 8.22. The Bertz CT molecular complexity index is 1430. The van der Waals surface area contributed by atoms with Crippen molar-refractivity contribution >= 4 is 16.7 Å². The molecule has 0 radical (unpaired) electrons. The van der Waals surface area contributed by atoms with E-state index in [2.05, 4.69) is 38.1 Å². The summed E-state index contributed by atoms with van der Waals surface area (Å²) >= 11 is 0. The fraction of sp³-hybridized carbons (Fsp3) is 0.457. The predicted octanol–water partition coefficient (Wildman–Crippen LogP) is 7.74. The molecule has 4 rings (SSSR count). The summed E-state index contributed by atoms with van der Waals surface area (Å²) in [5, 5.41) is 0. The average molecular weight is 611 g/mol. The summed E-state index contributed by atoms with van der Waals surface area (Å²) in [5.41, 5.74) is 6.77. The summed E-state index contributed by atoms with van der Waals surface area (Å²) in [5.74, 6) is -0.728. The molecule has 2 N–H and O–H groups in total. The Morgan fingerprint density at radius 1 is 1.09 bits per heavy atom. The van der Waals surface area contributed by atoms with E-state index >= 15 is 0 Å². The number of benzene rings is 3. The second-order valence-corrected chi connectivity index (χ2v) is 14.2. The van der Waals surface area contributed by atoms with Gasteiger partial charge >= 0.3 is 5.97 Å². The lowest BCUT2D eigenvalue weighted by molar-refractivity contribution is -0.143. The molecule has 6 nitrogen and oxygen atoms in total. The highest BCUT2D eigenvalue weighted by atomic mass is 32.3. The Labute approximate surface area is 258 Å². The number of hydrogen-bond acceptors (Lipinski definition) is 6. The number of nitrogens with zero attached hydrogens (tertiary/aromatic N) is 2. The summed E-state index contributed by atoms with van der Waals surface area (Å²) in [6.07, 6.45) is 2.92. The first-order valence-corrected chi connectivity index (χ1v) is 16.7. The van der Waals surface area contributed by atoms with Gasteiger partial charge in [0, 0.05) is 19.0 Å². The van der Waals surface area contributed by atoms with E-state index in [1.807, 2.05) is 42.4 Å². The number of halogens is 1. The molecule has 0 saturated carbocycles. The molecule has 0 amide bonds. The average Bonchev–Trinajstić information content (AvgIpc) is 3.01. The van der Waals surface area contributed by atoms with E-state index in [0.717, 1.165) is 59.2 Å². The molecular formula is C35H47FN2O4S. The van der Waals surface area contributed by atoms with Crippen molar-refractivity contribution in [1.82, 2.24) is 9.21 Å². The van der Waals surface area contributed by atoms with E-state index in [1.54, 1.807) is 13.0 Å². The van der Waals surface area contributed by atoms with Crippen LogP contribution in [0.25, 0.3) is 0 Å². The largest absolute Gasteiger partial charge is 0.466 e. The lowest BCUT2D eigenvalue weighted by atomic mass is 9.84. The molecule has 0 aromatic heterocycles. The summed E-state index contributed by atoms with van der Waals surface area (Å²) in [7, 11) is 0.916. The molecule has 8 heteroatoms. The second kappa shape index (κ2) is 14.4. The van der Waals surface area contributed by atoms with Crippen LogP contribution in [0.1, 0.15) is 71.6 Å². The van der Waals surface area contributed by atoms with Gasteiger partial charge in [-0.2, -0.15) is 4.31 Å². The van der Waals surface area contributed by atoms with Gasteiger partial charge in [0.15, 0.2) is 0 Å². The second-order valence-electron chi connectivity index (χ2n) is 12.2. The van der Waals surface area contributed by atoms with E-state index in [4.69, 9.17) is 4.74 Å². The predicted molar refractivity (Wildman–Crippen MR) is 173 cm³/mol. The Hall–Kier alpha value is -2.75. The number of carbonyl (C=O) groups excluding carboxylic acids is 1. The molecule has 0 spiro atoms. The van der Waals surface area contributed by atoms with Crippen molar-refractivity contribution in [3.05, 3.63) is 99.4 Å². The van der Waals surface area contributed by atoms with Crippen molar-refractivity contribution in [3.8, 4) is 0 Å². The first-order valence-electron chi connectivity index (χ1n) is 15.2. The van der Waals surface area contributed by atoms with Crippen LogP contribution in [0.15, 0.2) is 59.5 Å². The third-order valence-electron chi connectivity index (χ3n) is 8.34. The van der Waals surface area contributed by atoms with Crippen molar-refractivity contribution in [1.29, 1.82) is 0 Å². The highest BCUT2D eigenvalue weighted by Gasteiger charge is 2.33. The van der Waals surface area contributed by atoms with Crippen LogP contribution in [0.5, 0.6) is 0 Å². The normalized spacial score (nSPS) is 18.1. The number of esters is 1. The lowest BCUT2D eigenvalue weighted by Gasteiger charge is -2.43. The van der Waals surface area contributed by atoms with Gasteiger partial charge in [0.25, 0.3) is 0 Å². The Morgan fingerprint density at radius 2 is 1.86 bits per heavy atom. The third-order valence-corrected chi connectivity index (χ3v) is 10.3. The van der Waals surface area contributed by atoms with Crippen LogP contribution in [0, 0.1) is 25.6 Å². The minimum Gasteiger partial charge on any atom is -0.466 e. The maximum Gasteiger partial charge on any atom is 0.306 e. The summed E-state index contributed by atoms with van der Waals surface area (Å²) in [6.45, 7) is 10.0. The van der Waals surface area contributed by atoms with Crippen LogP contribution in [-0.4, -0.2) is 58.1 Å². The van der Waals surface area contributed by atoms with Crippen molar-refractivity contribution in [2.45, 2.75) is 70.7 Å². The Kier molecular flexibility index (Phi) is 11.1. The lowest BCUT2D eigenvalue weighted by Crippen LogP contribution is -2.30. The van der Waals surface area contributed by atoms with E-state index in [-0.39, 0.29) is 36.7 Å². The maximum absolute atomic E-state index is 14.0. The zero-order valence-corrected chi connectivity index (χ0v) is 27.2. The van der Waals surface area contributed by atoms with Crippen LogP contribution >= 0.6 is 10.8 Å². The van der Waals surface area contributed by atoms with Gasteiger partial charge in [-0.05, 0) is 124 Å². The van der Waals surface area contributed by atoms with E-state index in [0.29, 0.717) is 18.0 Å². The van der Waals surface area contributed by atoms with E-state index < -0.39 is 10.8 Å². The molecule has 234 valence electrons. The van der Waals surface area contributed by atoms with Crippen LogP contribution in [0.2, 0.25) is 0 Å². The molecule has 43 heavy (non-hydrogen) atoms. The zero-order chi connectivity index (χ0) is 31.3. The SMILES string of the molecule is CCOC(=O)CC(c1ccc(C)c(CN2CC(C)Cc3cc(CCCN(C)C)ccc3S2(O)O)c1)c1ccc(F)cc1C. The molecule has 1 aliphatic heterocycles. The van der Waals surface area contributed by atoms with Gasteiger partial charge in [0.2, 0.25) is 0 Å². The topological polar surface area (TPSA) is 73.2 Å². The highest BCUT2D eigenvalue weighted by Crippen LogP contribution is 2.56. The van der Waals surface area contributed by atoms with Gasteiger partial charge in [0.05, 0.1) is 17.9 Å². The molecular weight excluding hydrogens is 563 g/mol. The zero-order valence-electron chi connectivity index (χ0n) is 26.4.